The highest BCUT2D eigenvalue weighted by Gasteiger charge is 1.96. The first-order chi connectivity index (χ1) is 4.47. The molecule has 2 heterocycles. The molecule has 0 saturated heterocycles. The minimum Gasteiger partial charge on any atom is -0.423 e. The Bertz CT molecular complexity index is 287. The number of nitrogens with zero attached hydrogens (tertiary/aromatic N) is 4. The van der Waals surface area contributed by atoms with E-state index in [-0.39, 0.29) is 0 Å². The van der Waals surface area contributed by atoms with Gasteiger partial charge in [-0.25, -0.2) is 0 Å². The first-order valence-electron chi connectivity index (χ1n) is 2.27. The lowest BCUT2D eigenvalue weighted by atomic mass is 10.8. The van der Waals surface area contributed by atoms with Gasteiger partial charge in [-0.1, -0.05) is 0 Å². The summed E-state index contributed by atoms with van der Waals surface area (Å²) in [5, 5.41) is 6.91. The summed E-state index contributed by atoms with van der Waals surface area (Å²) in [6.07, 6.45) is 3.55. The van der Waals surface area contributed by atoms with Crippen molar-refractivity contribution < 1.29 is 4.42 Å². The van der Waals surface area contributed by atoms with Crippen LogP contribution in [0.3, 0.4) is 0 Å². The summed E-state index contributed by atoms with van der Waals surface area (Å²) >= 11 is 0. The molecule has 0 fully saturated rings. The predicted molar refractivity (Wildman–Crippen MR) is 26.2 cm³/mol. The third-order valence-electron chi connectivity index (χ3n) is 0.872. The van der Waals surface area contributed by atoms with Crippen molar-refractivity contribution in [2.24, 2.45) is 0 Å². The Labute approximate surface area is 49.8 Å². The largest absolute Gasteiger partial charge is 0.423 e. The molecule has 0 aliphatic carbocycles. The molecule has 0 N–H and O–H groups in total. The van der Waals surface area contributed by atoms with Crippen LogP contribution in [0.4, 0.5) is 0 Å². The average molecular weight is 121 g/mol. The van der Waals surface area contributed by atoms with Crippen molar-refractivity contribution >= 4 is 11.4 Å². The van der Waals surface area contributed by atoms with Crippen LogP contribution in [0.2, 0.25) is 0 Å². The molecule has 43 valence electrons. The minimum absolute atomic E-state index is 0.341. The number of rotatable bonds is 0. The van der Waals surface area contributed by atoms with Gasteiger partial charge in [0.05, 0.1) is 0 Å². The van der Waals surface area contributed by atoms with Crippen molar-refractivity contribution in [2.75, 3.05) is 0 Å². The molecular formula is C4HN4O. The summed E-state index contributed by atoms with van der Waals surface area (Å²) in [5.74, 6) is 0. The van der Waals surface area contributed by atoms with E-state index in [1.807, 2.05) is 0 Å². The fraction of sp³-hybridized carbons (Fsp3) is 0. The second-order valence-electron chi connectivity index (χ2n) is 1.39. The van der Waals surface area contributed by atoms with E-state index in [2.05, 4.69) is 26.5 Å². The zero-order chi connectivity index (χ0) is 6.10. The molecular weight excluding hydrogens is 120 g/mol. The van der Waals surface area contributed by atoms with Crippen LogP contribution in [-0.2, 0) is 0 Å². The van der Waals surface area contributed by atoms with Crippen molar-refractivity contribution in [1.29, 1.82) is 0 Å². The number of hydrogen-bond donors (Lipinski definition) is 0. The first kappa shape index (κ1) is 4.37. The van der Waals surface area contributed by atoms with Crippen LogP contribution in [-0.4, -0.2) is 20.2 Å². The Kier molecular flexibility index (Phi) is 0.717. The summed E-state index contributed by atoms with van der Waals surface area (Å²) in [7, 11) is 0. The normalized spacial score (nSPS) is 10.2. The molecule has 1 radical (unpaired) electrons. The minimum atomic E-state index is 0.341. The topological polar surface area (TPSA) is 64.7 Å². The summed E-state index contributed by atoms with van der Waals surface area (Å²) in [4.78, 5) is 7.34. The van der Waals surface area contributed by atoms with E-state index in [4.69, 9.17) is 4.42 Å². The SMILES string of the molecule is [c]1nnc2ocnc2n1. The van der Waals surface area contributed by atoms with Gasteiger partial charge < -0.3 is 4.42 Å². The maximum Gasteiger partial charge on any atom is 0.285 e. The quantitative estimate of drug-likeness (QED) is 0.483. The zero-order valence-corrected chi connectivity index (χ0v) is 4.27. The highest BCUT2D eigenvalue weighted by molar-refractivity contribution is 5.59. The van der Waals surface area contributed by atoms with Crippen molar-refractivity contribution in [1.82, 2.24) is 20.2 Å². The van der Waals surface area contributed by atoms with E-state index in [1.54, 1.807) is 0 Å². The molecule has 0 spiro atoms. The van der Waals surface area contributed by atoms with Crippen LogP contribution in [0.5, 0.6) is 0 Å². The Morgan fingerprint density at radius 3 is 3.44 bits per heavy atom. The molecule has 9 heavy (non-hydrogen) atoms. The van der Waals surface area contributed by atoms with Crippen LogP contribution < -0.4 is 0 Å². The Hall–Kier alpha value is -1.52. The Morgan fingerprint density at radius 1 is 1.56 bits per heavy atom. The number of aromatic nitrogens is 4. The van der Waals surface area contributed by atoms with Gasteiger partial charge in [-0.2, -0.15) is 9.97 Å². The second kappa shape index (κ2) is 1.48. The lowest BCUT2D eigenvalue weighted by molar-refractivity contribution is 0.584. The van der Waals surface area contributed by atoms with Gasteiger partial charge in [0, 0.05) is 0 Å². The van der Waals surface area contributed by atoms with Gasteiger partial charge in [-0.05, 0) is 0 Å². The van der Waals surface area contributed by atoms with Gasteiger partial charge in [0.25, 0.3) is 5.71 Å². The van der Waals surface area contributed by atoms with E-state index >= 15 is 0 Å². The highest BCUT2D eigenvalue weighted by Crippen LogP contribution is 1.99. The molecule has 0 aliphatic rings. The lowest BCUT2D eigenvalue weighted by Gasteiger charge is -1.75. The number of fused-ring (bicyclic) bond motifs is 1. The maximum atomic E-state index is 4.75. The fourth-order valence-corrected chi connectivity index (χ4v) is 0.517. The molecule has 2 rings (SSSR count). The van der Waals surface area contributed by atoms with Gasteiger partial charge in [0.1, 0.15) is 0 Å². The van der Waals surface area contributed by atoms with Crippen LogP contribution in [0.1, 0.15) is 0 Å². The van der Waals surface area contributed by atoms with Crippen molar-refractivity contribution in [3.63, 3.8) is 0 Å². The van der Waals surface area contributed by atoms with Crippen LogP contribution in [0, 0.1) is 6.33 Å². The summed E-state index contributed by atoms with van der Waals surface area (Å²) in [6, 6.07) is 0. The smallest absolute Gasteiger partial charge is 0.285 e. The number of hydrogen-bond acceptors (Lipinski definition) is 5. The molecule has 0 saturated carbocycles. The van der Waals surface area contributed by atoms with Crippen molar-refractivity contribution in [2.45, 2.75) is 0 Å². The third-order valence-corrected chi connectivity index (χ3v) is 0.872. The Morgan fingerprint density at radius 2 is 2.56 bits per heavy atom. The van der Waals surface area contributed by atoms with Crippen LogP contribution >= 0.6 is 0 Å². The van der Waals surface area contributed by atoms with E-state index in [0.717, 1.165) is 0 Å². The molecule has 0 aromatic carbocycles. The van der Waals surface area contributed by atoms with E-state index in [9.17, 15) is 0 Å². The second-order valence-corrected chi connectivity index (χ2v) is 1.39. The van der Waals surface area contributed by atoms with Crippen molar-refractivity contribution in [3.8, 4) is 0 Å². The van der Waals surface area contributed by atoms with E-state index in [0.29, 0.717) is 11.4 Å². The molecule has 0 unspecified atom stereocenters. The summed E-state index contributed by atoms with van der Waals surface area (Å²) in [5.41, 5.74) is 0.777. The van der Waals surface area contributed by atoms with Gasteiger partial charge in [0.2, 0.25) is 12.0 Å². The van der Waals surface area contributed by atoms with Gasteiger partial charge >= 0.3 is 0 Å². The molecule has 5 heteroatoms. The predicted octanol–water partition coefficient (Wildman–Crippen LogP) is -0.187. The monoisotopic (exact) mass is 121 g/mol. The van der Waals surface area contributed by atoms with Crippen LogP contribution in [0.25, 0.3) is 11.4 Å². The maximum absolute atomic E-state index is 4.75. The lowest BCUT2D eigenvalue weighted by Crippen LogP contribution is -1.82. The van der Waals surface area contributed by atoms with E-state index < -0.39 is 0 Å². The first-order valence-corrected chi connectivity index (χ1v) is 2.27. The van der Waals surface area contributed by atoms with E-state index in [1.165, 1.54) is 6.39 Å². The Balaban J connectivity index is 2.95. The molecule has 0 aliphatic heterocycles. The molecule has 2 aromatic heterocycles. The van der Waals surface area contributed by atoms with Gasteiger partial charge in [0.15, 0.2) is 6.39 Å². The highest BCUT2D eigenvalue weighted by atomic mass is 16.3. The van der Waals surface area contributed by atoms with Gasteiger partial charge in [-0.3, -0.25) is 0 Å². The summed E-state index contributed by atoms with van der Waals surface area (Å²) in [6.45, 7) is 0. The van der Waals surface area contributed by atoms with Crippen LogP contribution in [0.15, 0.2) is 10.8 Å². The number of oxazole rings is 1. The molecule has 2 aromatic rings. The van der Waals surface area contributed by atoms with Gasteiger partial charge in [-0.15, -0.1) is 10.2 Å². The molecule has 0 atom stereocenters. The zero-order valence-electron chi connectivity index (χ0n) is 4.27. The standard InChI is InChI=1S/C4HN4O/c1-5-3-4(8-7-1)9-2-6-3/h2H. The average Bonchev–Trinajstić information content (AvgIpc) is 2.33. The van der Waals surface area contributed by atoms with Crippen molar-refractivity contribution in [3.05, 3.63) is 12.7 Å². The third kappa shape index (κ3) is 0.543. The molecule has 0 amide bonds. The fourth-order valence-electron chi connectivity index (χ4n) is 0.517. The molecule has 5 nitrogen and oxygen atoms in total. The summed E-state index contributed by atoms with van der Waals surface area (Å²) < 4.78 is 4.75. The molecule has 0 bridgehead atoms.